The second-order valence-electron chi connectivity index (χ2n) is 6.41. The third-order valence-corrected chi connectivity index (χ3v) is 4.89. The summed E-state index contributed by atoms with van der Waals surface area (Å²) in [6, 6.07) is 4.96. The summed E-state index contributed by atoms with van der Waals surface area (Å²) < 4.78 is 1.89. The molecule has 3 heterocycles. The fourth-order valence-electron chi connectivity index (χ4n) is 3.47. The van der Waals surface area contributed by atoms with Gasteiger partial charge >= 0.3 is 6.03 Å². The summed E-state index contributed by atoms with van der Waals surface area (Å²) in [6.07, 6.45) is 2.13. The van der Waals surface area contributed by atoms with Crippen LogP contribution < -0.4 is 5.32 Å². The molecule has 0 saturated carbocycles. The lowest BCUT2D eigenvalue weighted by atomic mass is 9.99. The van der Waals surface area contributed by atoms with Gasteiger partial charge < -0.3 is 14.8 Å². The van der Waals surface area contributed by atoms with E-state index in [4.69, 9.17) is 0 Å². The number of fused-ring (bicyclic) bond motifs is 1. The second kappa shape index (κ2) is 4.80. The molecule has 4 amide bonds. The highest BCUT2D eigenvalue weighted by Gasteiger charge is 2.54. The zero-order valence-electron chi connectivity index (χ0n) is 13.4. The fourth-order valence-corrected chi connectivity index (χ4v) is 3.47. The van der Waals surface area contributed by atoms with E-state index in [9.17, 15) is 14.4 Å². The summed E-state index contributed by atoms with van der Waals surface area (Å²) in [5.74, 6) is -0.431. The number of nitrogens with one attached hydrogen (secondary N) is 1. The number of aromatic nitrogens is 2. The van der Waals surface area contributed by atoms with Crippen LogP contribution in [0.5, 0.6) is 0 Å². The SMILES string of the molecule is CN1C(=O)NC2(CCN(C(=O)c3ccc4c(c3)ncn4C)C2)C1=O. The van der Waals surface area contributed by atoms with Crippen LogP contribution in [0.15, 0.2) is 24.5 Å². The molecule has 24 heavy (non-hydrogen) atoms. The number of aryl methyl sites for hydroxylation is 1. The maximum atomic E-state index is 12.8. The van der Waals surface area contributed by atoms with Crippen LogP contribution in [0.4, 0.5) is 4.79 Å². The maximum absolute atomic E-state index is 12.8. The van der Waals surface area contributed by atoms with Gasteiger partial charge in [-0.05, 0) is 24.6 Å². The van der Waals surface area contributed by atoms with Crippen LogP contribution in [0.3, 0.4) is 0 Å². The molecule has 2 aliphatic rings. The van der Waals surface area contributed by atoms with E-state index in [0.29, 0.717) is 18.5 Å². The topological polar surface area (TPSA) is 87.5 Å². The number of amides is 4. The van der Waals surface area contributed by atoms with Crippen LogP contribution in [-0.4, -0.2) is 62.9 Å². The van der Waals surface area contributed by atoms with E-state index in [2.05, 4.69) is 10.3 Å². The van der Waals surface area contributed by atoms with Crippen molar-refractivity contribution in [2.75, 3.05) is 20.1 Å². The largest absolute Gasteiger partial charge is 0.336 e. The zero-order chi connectivity index (χ0) is 17.1. The maximum Gasteiger partial charge on any atom is 0.324 e. The van der Waals surface area contributed by atoms with Crippen molar-refractivity contribution in [3.05, 3.63) is 30.1 Å². The highest BCUT2D eigenvalue weighted by Crippen LogP contribution is 2.29. The monoisotopic (exact) mass is 327 g/mol. The number of likely N-dealkylation sites (N-methyl/N-ethyl adjacent to an activating group) is 1. The molecule has 0 bridgehead atoms. The molecule has 124 valence electrons. The molecule has 4 rings (SSSR count). The van der Waals surface area contributed by atoms with Gasteiger partial charge in [0.15, 0.2) is 0 Å². The average Bonchev–Trinajstić information content (AvgIpc) is 3.22. The molecule has 2 aliphatic heterocycles. The first-order valence-corrected chi connectivity index (χ1v) is 7.72. The second-order valence-corrected chi connectivity index (χ2v) is 6.41. The number of rotatable bonds is 1. The summed E-state index contributed by atoms with van der Waals surface area (Å²) in [6.45, 7) is 0.625. The normalized spacial score (nSPS) is 23.6. The Kier molecular flexibility index (Phi) is 2.93. The molecule has 1 aromatic carbocycles. The molecule has 2 saturated heterocycles. The Morgan fingerprint density at radius 1 is 1.29 bits per heavy atom. The van der Waals surface area contributed by atoms with E-state index in [-0.39, 0.29) is 18.4 Å². The van der Waals surface area contributed by atoms with Crippen LogP contribution >= 0.6 is 0 Å². The fraction of sp³-hybridized carbons (Fsp3) is 0.375. The van der Waals surface area contributed by atoms with E-state index >= 15 is 0 Å². The molecule has 8 heteroatoms. The number of hydrogen-bond donors (Lipinski definition) is 1. The first kappa shape index (κ1) is 14.7. The van der Waals surface area contributed by atoms with Crippen molar-refractivity contribution in [1.82, 2.24) is 24.7 Å². The van der Waals surface area contributed by atoms with Crippen LogP contribution in [0.1, 0.15) is 16.8 Å². The van der Waals surface area contributed by atoms with E-state index in [0.717, 1.165) is 15.9 Å². The molecule has 1 aromatic heterocycles. The number of likely N-dealkylation sites (tertiary alicyclic amines) is 1. The summed E-state index contributed by atoms with van der Waals surface area (Å²) in [7, 11) is 3.35. The smallest absolute Gasteiger partial charge is 0.324 e. The van der Waals surface area contributed by atoms with Crippen molar-refractivity contribution in [2.24, 2.45) is 7.05 Å². The third-order valence-electron chi connectivity index (χ3n) is 4.89. The summed E-state index contributed by atoms with van der Waals surface area (Å²) in [5, 5.41) is 2.73. The molecular formula is C16H17N5O3. The molecule has 2 aromatic rings. The van der Waals surface area contributed by atoms with Crippen LogP contribution in [-0.2, 0) is 11.8 Å². The Morgan fingerprint density at radius 2 is 2.08 bits per heavy atom. The van der Waals surface area contributed by atoms with Gasteiger partial charge in [0.2, 0.25) is 0 Å². The lowest BCUT2D eigenvalue weighted by Crippen LogP contribution is -2.49. The van der Waals surface area contributed by atoms with E-state index in [1.54, 1.807) is 23.4 Å². The number of urea groups is 1. The minimum Gasteiger partial charge on any atom is -0.336 e. The lowest BCUT2D eigenvalue weighted by molar-refractivity contribution is -0.129. The minimum atomic E-state index is -0.976. The van der Waals surface area contributed by atoms with Crippen molar-refractivity contribution in [1.29, 1.82) is 0 Å². The minimum absolute atomic E-state index is 0.156. The van der Waals surface area contributed by atoms with Crippen molar-refractivity contribution >= 4 is 28.9 Å². The molecule has 8 nitrogen and oxygen atoms in total. The zero-order valence-corrected chi connectivity index (χ0v) is 13.4. The van der Waals surface area contributed by atoms with E-state index in [1.165, 1.54) is 7.05 Å². The number of nitrogens with zero attached hydrogens (tertiary/aromatic N) is 4. The van der Waals surface area contributed by atoms with Gasteiger partial charge in [-0.25, -0.2) is 9.78 Å². The van der Waals surface area contributed by atoms with E-state index < -0.39 is 11.6 Å². The molecule has 2 fully saturated rings. The molecule has 1 spiro atoms. The Labute approximate surface area is 138 Å². The Balaban J connectivity index is 1.59. The standard InChI is InChI=1S/C16H17N5O3/c1-19-9-17-11-7-10(3-4-12(11)19)13(22)21-6-5-16(8-21)14(23)20(2)15(24)18-16/h3-4,7,9H,5-6,8H2,1-2H3,(H,18,24). The van der Waals surface area contributed by atoms with Gasteiger partial charge in [-0.2, -0.15) is 0 Å². The summed E-state index contributed by atoms with van der Waals surface area (Å²) >= 11 is 0. The Hall–Kier alpha value is -2.90. The summed E-state index contributed by atoms with van der Waals surface area (Å²) in [5.41, 5.74) is 1.26. The van der Waals surface area contributed by atoms with Crippen LogP contribution in [0.25, 0.3) is 11.0 Å². The molecular weight excluding hydrogens is 310 g/mol. The summed E-state index contributed by atoms with van der Waals surface area (Å²) in [4.78, 5) is 43.8. The lowest BCUT2D eigenvalue weighted by Gasteiger charge is -2.21. The van der Waals surface area contributed by atoms with Crippen molar-refractivity contribution in [2.45, 2.75) is 12.0 Å². The van der Waals surface area contributed by atoms with Gasteiger partial charge in [-0.1, -0.05) is 0 Å². The number of benzene rings is 1. The first-order valence-electron chi connectivity index (χ1n) is 7.72. The number of imidazole rings is 1. The average molecular weight is 327 g/mol. The highest BCUT2D eigenvalue weighted by molar-refractivity contribution is 6.08. The molecule has 1 N–H and O–H groups in total. The predicted octanol–water partition coefficient (Wildman–Crippen LogP) is 0.340. The molecule has 1 unspecified atom stereocenters. The quantitative estimate of drug-likeness (QED) is 0.765. The molecule has 0 radical (unpaired) electrons. The van der Waals surface area contributed by atoms with Crippen molar-refractivity contribution in [3.8, 4) is 0 Å². The van der Waals surface area contributed by atoms with Gasteiger partial charge in [0.05, 0.1) is 23.9 Å². The Morgan fingerprint density at radius 3 is 2.79 bits per heavy atom. The number of carbonyl (C=O) groups is 3. The molecule has 0 aliphatic carbocycles. The van der Waals surface area contributed by atoms with Crippen molar-refractivity contribution in [3.63, 3.8) is 0 Å². The van der Waals surface area contributed by atoms with Gasteiger partial charge in [0.25, 0.3) is 11.8 Å². The number of carbonyl (C=O) groups excluding carboxylic acids is 3. The van der Waals surface area contributed by atoms with E-state index in [1.807, 2.05) is 17.7 Å². The Bertz CT molecular complexity index is 889. The van der Waals surface area contributed by atoms with Gasteiger partial charge in [-0.3, -0.25) is 14.5 Å². The number of hydrogen-bond acceptors (Lipinski definition) is 4. The predicted molar refractivity (Wildman–Crippen MR) is 85.3 cm³/mol. The van der Waals surface area contributed by atoms with Gasteiger partial charge in [-0.15, -0.1) is 0 Å². The van der Waals surface area contributed by atoms with Crippen LogP contribution in [0, 0.1) is 0 Å². The van der Waals surface area contributed by atoms with Crippen molar-refractivity contribution < 1.29 is 14.4 Å². The van der Waals surface area contributed by atoms with Crippen LogP contribution in [0.2, 0.25) is 0 Å². The van der Waals surface area contributed by atoms with Gasteiger partial charge in [0, 0.05) is 26.2 Å². The first-order chi connectivity index (χ1) is 11.4. The third kappa shape index (κ3) is 1.92. The highest BCUT2D eigenvalue weighted by atomic mass is 16.2. The number of imide groups is 1. The van der Waals surface area contributed by atoms with Gasteiger partial charge in [0.1, 0.15) is 5.54 Å². The molecule has 1 atom stereocenters.